The molecule has 4 heteroatoms. The van der Waals surface area contributed by atoms with Gasteiger partial charge in [0.15, 0.2) is 0 Å². The summed E-state index contributed by atoms with van der Waals surface area (Å²) in [7, 11) is -1.85. The Bertz CT molecular complexity index is 1110. The number of nitrogens with zero attached hydrogens (tertiary/aromatic N) is 1. The molecule has 0 aliphatic carbocycles. The SMILES string of the molecule is CCCCCCCC/C=C\CCCCCC(C#C[Si](C(C)C)(C(C)C)C(C)C)CC(=O)Nc1cccc2cccnc12. The van der Waals surface area contributed by atoms with Crippen LogP contribution in [0.2, 0.25) is 16.6 Å². The van der Waals surface area contributed by atoms with Crippen LogP contribution in [0.1, 0.15) is 132 Å². The highest BCUT2D eigenvalue weighted by Gasteiger charge is 2.41. The zero-order valence-corrected chi connectivity index (χ0v) is 29.0. The van der Waals surface area contributed by atoms with E-state index in [0.29, 0.717) is 23.0 Å². The molecule has 0 aliphatic rings. The fraction of sp³-hybridized carbons (Fsp3) is 0.632. The van der Waals surface area contributed by atoms with Crippen molar-refractivity contribution in [3.8, 4) is 11.5 Å². The zero-order valence-electron chi connectivity index (χ0n) is 28.0. The molecule has 232 valence electrons. The standard InChI is InChI=1S/C38H60N2OSi/c1-8-9-10-11-12-13-14-15-16-17-18-19-20-23-34(27-29-42(31(2)3,32(4)5)33(6)7)30-37(41)40-36-26-21-24-35-25-22-28-39-38(35)36/h15-16,21-22,24-26,28,31-34H,8-14,17-20,23,30H2,1-7H3,(H,40,41)/b16-15-. The first-order chi connectivity index (χ1) is 20.2. The highest BCUT2D eigenvalue weighted by atomic mass is 28.3. The average Bonchev–Trinajstić information content (AvgIpc) is 2.95. The first-order valence-corrected chi connectivity index (χ1v) is 19.3. The highest BCUT2D eigenvalue weighted by Crippen LogP contribution is 2.41. The first kappa shape index (κ1) is 35.8. The van der Waals surface area contributed by atoms with Gasteiger partial charge in [-0.15, -0.1) is 11.5 Å². The highest BCUT2D eigenvalue weighted by molar-refractivity contribution is 6.90. The van der Waals surface area contributed by atoms with E-state index in [0.717, 1.165) is 35.9 Å². The smallest absolute Gasteiger partial charge is 0.225 e. The summed E-state index contributed by atoms with van der Waals surface area (Å²) in [4.78, 5) is 17.8. The number of hydrogen-bond acceptors (Lipinski definition) is 2. The number of anilines is 1. The quantitative estimate of drug-likeness (QED) is 0.0767. The van der Waals surface area contributed by atoms with Gasteiger partial charge >= 0.3 is 0 Å². The molecule has 1 aromatic carbocycles. The topological polar surface area (TPSA) is 42.0 Å². The Kier molecular flexibility index (Phi) is 16.8. The summed E-state index contributed by atoms with van der Waals surface area (Å²) in [5.74, 6) is 3.84. The largest absolute Gasteiger partial charge is 0.324 e. The van der Waals surface area contributed by atoms with Gasteiger partial charge in [0.2, 0.25) is 5.91 Å². The van der Waals surface area contributed by atoms with Crippen molar-refractivity contribution >= 4 is 30.6 Å². The third kappa shape index (κ3) is 11.7. The number of benzene rings is 1. The molecule has 0 saturated carbocycles. The minimum Gasteiger partial charge on any atom is -0.324 e. The fourth-order valence-corrected chi connectivity index (χ4v) is 11.9. The maximum absolute atomic E-state index is 13.3. The van der Waals surface area contributed by atoms with Crippen molar-refractivity contribution in [2.45, 2.75) is 149 Å². The van der Waals surface area contributed by atoms with Crippen molar-refractivity contribution in [1.82, 2.24) is 4.98 Å². The number of unbranched alkanes of at least 4 members (excludes halogenated alkanes) is 9. The predicted octanol–water partition coefficient (Wildman–Crippen LogP) is 11.7. The Hall–Kier alpha value is -2.38. The van der Waals surface area contributed by atoms with Crippen molar-refractivity contribution in [3.63, 3.8) is 0 Å². The van der Waals surface area contributed by atoms with Crippen LogP contribution >= 0.6 is 0 Å². The molecule has 1 aromatic heterocycles. The number of pyridine rings is 1. The van der Waals surface area contributed by atoms with Crippen LogP contribution in [0.5, 0.6) is 0 Å². The summed E-state index contributed by atoms with van der Waals surface area (Å²) in [6.07, 6.45) is 22.0. The molecule has 2 rings (SSSR count). The number of fused-ring (bicyclic) bond motifs is 1. The molecule has 1 atom stereocenters. The van der Waals surface area contributed by atoms with E-state index in [-0.39, 0.29) is 11.8 Å². The second-order valence-corrected chi connectivity index (χ2v) is 18.7. The Morgan fingerprint density at radius 1 is 0.833 bits per heavy atom. The maximum atomic E-state index is 13.3. The summed E-state index contributed by atoms with van der Waals surface area (Å²) >= 11 is 0. The van der Waals surface area contributed by atoms with Crippen LogP contribution in [0, 0.1) is 17.4 Å². The van der Waals surface area contributed by atoms with Crippen LogP contribution in [-0.2, 0) is 4.79 Å². The van der Waals surface area contributed by atoms with Crippen molar-refractivity contribution in [3.05, 3.63) is 48.7 Å². The van der Waals surface area contributed by atoms with E-state index < -0.39 is 8.07 Å². The second-order valence-electron chi connectivity index (χ2n) is 13.2. The van der Waals surface area contributed by atoms with Crippen LogP contribution < -0.4 is 5.32 Å². The number of hydrogen-bond donors (Lipinski definition) is 1. The molecule has 0 fully saturated rings. The van der Waals surface area contributed by atoms with Gasteiger partial charge in [-0.2, -0.15) is 0 Å². The van der Waals surface area contributed by atoms with E-state index in [9.17, 15) is 4.79 Å². The number of allylic oxidation sites excluding steroid dienone is 2. The molecule has 1 heterocycles. The summed E-state index contributed by atoms with van der Waals surface area (Å²) < 4.78 is 0. The zero-order chi connectivity index (χ0) is 30.8. The van der Waals surface area contributed by atoms with Crippen LogP contribution in [0.3, 0.4) is 0 Å². The number of aromatic nitrogens is 1. The van der Waals surface area contributed by atoms with Gasteiger partial charge in [0.25, 0.3) is 0 Å². The molecule has 0 spiro atoms. The molecule has 1 unspecified atom stereocenters. The molecule has 2 aromatic rings. The Labute approximate surface area is 259 Å². The van der Waals surface area contributed by atoms with Gasteiger partial charge in [0.1, 0.15) is 8.07 Å². The molecular formula is C38H60N2OSi. The van der Waals surface area contributed by atoms with E-state index >= 15 is 0 Å². The lowest BCUT2D eigenvalue weighted by atomic mass is 9.97. The van der Waals surface area contributed by atoms with Crippen LogP contribution in [0.15, 0.2) is 48.7 Å². The molecule has 3 nitrogen and oxygen atoms in total. The lowest BCUT2D eigenvalue weighted by Crippen LogP contribution is -2.43. The van der Waals surface area contributed by atoms with Crippen molar-refractivity contribution < 1.29 is 4.79 Å². The molecule has 1 amide bonds. The van der Waals surface area contributed by atoms with Crippen molar-refractivity contribution in [2.75, 3.05) is 5.32 Å². The van der Waals surface area contributed by atoms with E-state index in [2.05, 4.69) is 82.4 Å². The van der Waals surface area contributed by atoms with Gasteiger partial charge in [-0.3, -0.25) is 9.78 Å². The maximum Gasteiger partial charge on any atom is 0.225 e. The monoisotopic (exact) mass is 588 g/mol. The minimum atomic E-state index is -1.85. The Morgan fingerprint density at radius 3 is 2.07 bits per heavy atom. The summed E-state index contributed by atoms with van der Waals surface area (Å²) in [5, 5.41) is 4.20. The predicted molar refractivity (Wildman–Crippen MR) is 188 cm³/mol. The van der Waals surface area contributed by atoms with E-state index in [1.165, 1.54) is 57.8 Å². The van der Waals surface area contributed by atoms with E-state index in [1.807, 2.05) is 30.3 Å². The van der Waals surface area contributed by atoms with Crippen molar-refractivity contribution in [2.24, 2.45) is 5.92 Å². The third-order valence-electron chi connectivity index (χ3n) is 9.01. The third-order valence-corrected chi connectivity index (χ3v) is 15.3. The molecule has 0 radical (unpaired) electrons. The number of carbonyl (C=O) groups excluding carboxylic acids is 1. The first-order valence-electron chi connectivity index (χ1n) is 17.0. The van der Waals surface area contributed by atoms with Gasteiger partial charge < -0.3 is 5.32 Å². The number of carbonyl (C=O) groups is 1. The molecule has 1 N–H and O–H groups in total. The van der Waals surface area contributed by atoms with Crippen LogP contribution in [0.25, 0.3) is 10.9 Å². The lowest BCUT2D eigenvalue weighted by molar-refractivity contribution is -0.116. The van der Waals surface area contributed by atoms with E-state index in [1.54, 1.807) is 6.20 Å². The Morgan fingerprint density at radius 2 is 1.43 bits per heavy atom. The summed E-state index contributed by atoms with van der Waals surface area (Å²) in [6, 6.07) is 9.92. The lowest BCUT2D eigenvalue weighted by Gasteiger charge is -2.38. The molecule has 0 bridgehead atoms. The van der Waals surface area contributed by atoms with Gasteiger partial charge in [0.05, 0.1) is 11.2 Å². The summed E-state index contributed by atoms with van der Waals surface area (Å²) in [5.41, 5.74) is 7.30. The van der Waals surface area contributed by atoms with Crippen molar-refractivity contribution in [1.29, 1.82) is 0 Å². The minimum absolute atomic E-state index is 0.0380. The molecule has 0 saturated heterocycles. The fourth-order valence-electron chi connectivity index (χ4n) is 6.62. The van der Waals surface area contributed by atoms with Crippen LogP contribution in [-0.4, -0.2) is 19.0 Å². The van der Waals surface area contributed by atoms with Gasteiger partial charge in [-0.25, -0.2) is 0 Å². The van der Waals surface area contributed by atoms with Gasteiger partial charge in [-0.05, 0) is 60.9 Å². The number of amides is 1. The van der Waals surface area contributed by atoms with E-state index in [4.69, 9.17) is 0 Å². The molecule has 42 heavy (non-hydrogen) atoms. The number of para-hydroxylation sites is 1. The second kappa shape index (κ2) is 19.7. The Balaban J connectivity index is 1.99. The molecule has 0 aliphatic heterocycles. The number of nitrogens with one attached hydrogen (secondary N) is 1. The average molecular weight is 589 g/mol. The van der Waals surface area contributed by atoms with Gasteiger partial charge in [0, 0.05) is 23.9 Å². The normalized spacial score (nSPS) is 12.8. The number of rotatable bonds is 19. The summed E-state index contributed by atoms with van der Waals surface area (Å²) in [6.45, 7) is 16.4. The van der Waals surface area contributed by atoms with Crippen LogP contribution in [0.4, 0.5) is 5.69 Å². The molecular weight excluding hydrogens is 529 g/mol. The van der Waals surface area contributed by atoms with Gasteiger partial charge in [-0.1, -0.05) is 124 Å².